The topological polar surface area (TPSA) is 129 Å². The predicted molar refractivity (Wildman–Crippen MR) is 131 cm³/mol. The molecule has 1 aliphatic carbocycles. The summed E-state index contributed by atoms with van der Waals surface area (Å²) in [5.41, 5.74) is 2.02. The SMILES string of the molecule is N#Cc1c(NC(=O)COC(=O)c2ccc3c(c2)S(=O)(=O)N=C2CCCCCN23)sc2c1CCCC2. The van der Waals surface area contributed by atoms with Crippen molar-refractivity contribution in [3.63, 3.8) is 0 Å². The van der Waals surface area contributed by atoms with Crippen molar-refractivity contribution in [2.45, 2.75) is 56.3 Å². The van der Waals surface area contributed by atoms with E-state index in [-0.39, 0.29) is 10.5 Å². The number of aryl methyl sites for hydroxylation is 1. The lowest BCUT2D eigenvalue weighted by Gasteiger charge is -2.29. The fraction of sp³-hybridized carbons (Fsp3) is 0.417. The number of amidine groups is 1. The minimum Gasteiger partial charge on any atom is -0.452 e. The van der Waals surface area contributed by atoms with Crippen LogP contribution < -0.4 is 10.2 Å². The van der Waals surface area contributed by atoms with Crippen molar-refractivity contribution in [1.29, 1.82) is 5.26 Å². The third-order valence-electron chi connectivity index (χ3n) is 6.45. The van der Waals surface area contributed by atoms with Gasteiger partial charge in [-0.25, -0.2) is 4.79 Å². The number of anilines is 2. The number of fused-ring (bicyclic) bond motifs is 4. The molecule has 0 spiro atoms. The van der Waals surface area contributed by atoms with Crippen LogP contribution in [0.2, 0.25) is 0 Å². The summed E-state index contributed by atoms with van der Waals surface area (Å²) in [5.74, 6) is -0.832. The number of amides is 1. The Morgan fingerprint density at radius 2 is 1.94 bits per heavy atom. The Balaban J connectivity index is 1.28. The van der Waals surface area contributed by atoms with Gasteiger partial charge in [0.15, 0.2) is 6.61 Å². The molecule has 35 heavy (non-hydrogen) atoms. The van der Waals surface area contributed by atoms with Crippen LogP contribution in [0.25, 0.3) is 0 Å². The van der Waals surface area contributed by atoms with E-state index in [1.54, 1.807) is 6.07 Å². The molecule has 0 atom stereocenters. The Labute approximate surface area is 207 Å². The van der Waals surface area contributed by atoms with Gasteiger partial charge in [0.1, 0.15) is 21.8 Å². The van der Waals surface area contributed by atoms with Crippen molar-refractivity contribution in [2.75, 3.05) is 23.4 Å². The van der Waals surface area contributed by atoms with Gasteiger partial charge < -0.3 is 15.0 Å². The molecule has 0 saturated carbocycles. The third kappa shape index (κ3) is 4.56. The van der Waals surface area contributed by atoms with E-state index in [2.05, 4.69) is 15.8 Å². The lowest BCUT2D eigenvalue weighted by Crippen LogP contribution is -2.35. The van der Waals surface area contributed by atoms with Crippen LogP contribution in [0.3, 0.4) is 0 Å². The van der Waals surface area contributed by atoms with Gasteiger partial charge in [0.05, 0.1) is 16.8 Å². The molecular formula is C24H24N4O5S2. The Hall–Kier alpha value is -3.23. The number of carbonyl (C=O) groups excluding carboxylic acids is 2. The maximum atomic E-state index is 12.8. The lowest BCUT2D eigenvalue weighted by molar-refractivity contribution is -0.119. The average Bonchev–Trinajstić information content (AvgIpc) is 3.02. The van der Waals surface area contributed by atoms with Gasteiger partial charge in [0, 0.05) is 17.8 Å². The van der Waals surface area contributed by atoms with Crippen molar-refractivity contribution >= 4 is 49.8 Å². The minimum absolute atomic E-state index is 0.0258. The summed E-state index contributed by atoms with van der Waals surface area (Å²) in [7, 11) is -3.94. The molecule has 3 aliphatic rings. The van der Waals surface area contributed by atoms with Gasteiger partial charge in [-0.15, -0.1) is 15.7 Å². The molecule has 1 amide bonds. The van der Waals surface area contributed by atoms with Crippen molar-refractivity contribution in [3.05, 3.63) is 39.8 Å². The Kier molecular flexibility index (Phi) is 6.34. The summed E-state index contributed by atoms with van der Waals surface area (Å²) < 4.78 is 34.7. The zero-order valence-corrected chi connectivity index (χ0v) is 20.6. The molecule has 11 heteroatoms. The fourth-order valence-electron chi connectivity index (χ4n) is 4.76. The summed E-state index contributed by atoms with van der Waals surface area (Å²) in [6.45, 7) is 0.118. The van der Waals surface area contributed by atoms with Crippen molar-refractivity contribution < 1.29 is 22.7 Å². The highest BCUT2D eigenvalue weighted by Crippen LogP contribution is 2.38. The van der Waals surface area contributed by atoms with Gasteiger partial charge in [-0.05, 0) is 62.3 Å². The number of carbonyl (C=O) groups is 2. The number of nitrogens with zero attached hydrogens (tertiary/aromatic N) is 3. The Morgan fingerprint density at radius 1 is 1.14 bits per heavy atom. The minimum atomic E-state index is -3.94. The van der Waals surface area contributed by atoms with E-state index < -0.39 is 28.5 Å². The van der Waals surface area contributed by atoms with E-state index in [0.29, 0.717) is 35.1 Å². The molecule has 0 bridgehead atoms. The van der Waals surface area contributed by atoms with Gasteiger partial charge in [-0.3, -0.25) is 4.79 Å². The number of hydrogen-bond donors (Lipinski definition) is 1. The third-order valence-corrected chi connectivity index (χ3v) is 9.00. The van der Waals surface area contributed by atoms with E-state index in [9.17, 15) is 23.3 Å². The van der Waals surface area contributed by atoms with Crippen LogP contribution in [-0.4, -0.2) is 39.3 Å². The highest BCUT2D eigenvalue weighted by molar-refractivity contribution is 7.90. The monoisotopic (exact) mass is 512 g/mol. The second-order valence-corrected chi connectivity index (χ2v) is 11.5. The van der Waals surface area contributed by atoms with Crippen molar-refractivity contribution in [3.8, 4) is 6.07 Å². The van der Waals surface area contributed by atoms with Crippen LogP contribution in [-0.2, 0) is 32.4 Å². The van der Waals surface area contributed by atoms with E-state index >= 15 is 0 Å². The van der Waals surface area contributed by atoms with Crippen LogP contribution in [0.15, 0.2) is 27.5 Å². The van der Waals surface area contributed by atoms with Gasteiger partial charge in [0.2, 0.25) is 0 Å². The number of hydrogen-bond acceptors (Lipinski definition) is 8. The largest absolute Gasteiger partial charge is 0.452 e. The first-order valence-electron chi connectivity index (χ1n) is 11.6. The van der Waals surface area contributed by atoms with Crippen molar-refractivity contribution in [2.24, 2.45) is 4.40 Å². The molecule has 1 fully saturated rings. The summed E-state index contributed by atoms with van der Waals surface area (Å²) in [5, 5.41) is 12.7. The second kappa shape index (κ2) is 9.43. The zero-order chi connectivity index (χ0) is 24.6. The first-order valence-corrected chi connectivity index (χ1v) is 13.9. The van der Waals surface area contributed by atoms with E-state index in [1.807, 2.05) is 4.90 Å². The smallest absolute Gasteiger partial charge is 0.338 e. The summed E-state index contributed by atoms with van der Waals surface area (Å²) in [4.78, 5) is 28.0. The maximum absolute atomic E-state index is 12.8. The molecule has 1 aromatic heterocycles. The number of benzene rings is 1. The quantitative estimate of drug-likeness (QED) is 0.617. The molecule has 2 aromatic rings. The van der Waals surface area contributed by atoms with Gasteiger partial charge in [-0.1, -0.05) is 6.42 Å². The first kappa shape index (κ1) is 23.5. The van der Waals surface area contributed by atoms with Crippen molar-refractivity contribution in [1.82, 2.24) is 0 Å². The summed E-state index contributed by atoms with van der Waals surface area (Å²) in [6.07, 6.45) is 7.20. The number of nitriles is 1. The molecule has 5 rings (SSSR count). The molecule has 2 aliphatic heterocycles. The molecule has 0 radical (unpaired) electrons. The summed E-state index contributed by atoms with van der Waals surface area (Å²) >= 11 is 1.39. The number of thiophene rings is 1. The van der Waals surface area contributed by atoms with E-state index in [4.69, 9.17) is 4.74 Å². The van der Waals surface area contributed by atoms with Crippen LogP contribution >= 0.6 is 11.3 Å². The highest BCUT2D eigenvalue weighted by Gasteiger charge is 2.32. The molecule has 9 nitrogen and oxygen atoms in total. The number of ether oxygens (including phenoxy) is 1. The zero-order valence-electron chi connectivity index (χ0n) is 19.0. The molecule has 1 aromatic carbocycles. The van der Waals surface area contributed by atoms with Crippen LogP contribution in [0.4, 0.5) is 10.7 Å². The maximum Gasteiger partial charge on any atom is 0.338 e. The van der Waals surface area contributed by atoms with Crippen LogP contribution in [0.1, 0.15) is 64.9 Å². The standard InChI is InChI=1S/C24H24N4O5S2/c25-13-17-16-6-3-4-7-19(16)34-23(17)26-22(29)14-33-24(30)15-9-10-18-20(12-15)35(31,32)27-21-8-2-1-5-11-28(18)21/h9-10,12H,1-8,11,14H2,(H,26,29). The lowest BCUT2D eigenvalue weighted by atomic mass is 9.96. The van der Waals surface area contributed by atoms with E-state index in [0.717, 1.165) is 55.4 Å². The highest BCUT2D eigenvalue weighted by atomic mass is 32.2. The molecule has 182 valence electrons. The average molecular weight is 513 g/mol. The number of nitrogens with one attached hydrogen (secondary N) is 1. The number of sulfonamides is 1. The molecule has 1 saturated heterocycles. The fourth-order valence-corrected chi connectivity index (χ4v) is 7.30. The molecule has 3 heterocycles. The molecule has 0 unspecified atom stereocenters. The van der Waals surface area contributed by atoms with Gasteiger partial charge in [-0.2, -0.15) is 13.7 Å². The number of rotatable bonds is 4. The second-order valence-electron chi connectivity index (χ2n) is 8.78. The normalized spacial score (nSPS) is 18.1. The Morgan fingerprint density at radius 3 is 2.77 bits per heavy atom. The first-order chi connectivity index (χ1) is 16.9. The molecular weight excluding hydrogens is 488 g/mol. The van der Waals surface area contributed by atoms with E-state index in [1.165, 1.54) is 23.5 Å². The number of esters is 1. The Bertz CT molecular complexity index is 1390. The molecule has 1 N–H and O–H groups in total. The summed E-state index contributed by atoms with van der Waals surface area (Å²) in [6, 6.07) is 6.54. The van der Waals surface area contributed by atoms with Crippen LogP contribution in [0, 0.1) is 11.3 Å². The van der Waals surface area contributed by atoms with Crippen LogP contribution in [0.5, 0.6) is 0 Å². The van der Waals surface area contributed by atoms with Gasteiger partial charge in [0.25, 0.3) is 15.9 Å². The predicted octanol–water partition coefficient (Wildman–Crippen LogP) is 3.78. The van der Waals surface area contributed by atoms with Gasteiger partial charge >= 0.3 is 5.97 Å².